The summed E-state index contributed by atoms with van der Waals surface area (Å²) in [6, 6.07) is 1.83. The molecule has 1 aliphatic carbocycles. The van der Waals surface area contributed by atoms with Crippen LogP contribution in [-0.4, -0.2) is 81.0 Å². The van der Waals surface area contributed by atoms with Crippen LogP contribution < -0.4 is 0 Å². The summed E-state index contributed by atoms with van der Waals surface area (Å²) in [5.41, 5.74) is 1.30. The van der Waals surface area contributed by atoms with E-state index in [1.54, 1.807) is 10.8 Å². The molecule has 5 atom stereocenters. The molecule has 1 saturated heterocycles. The zero-order chi connectivity index (χ0) is 25.9. The topological polar surface area (TPSA) is 172 Å². The second-order valence-electron chi connectivity index (χ2n) is 8.78. The average molecular weight is 550 g/mol. The van der Waals surface area contributed by atoms with Crippen molar-refractivity contribution >= 4 is 36.4 Å². The van der Waals surface area contributed by atoms with Crippen molar-refractivity contribution in [3.8, 4) is 0 Å². The first-order valence-corrected chi connectivity index (χ1v) is 13.6. The Morgan fingerprint density at radius 1 is 1.28 bits per heavy atom. The third-order valence-electron chi connectivity index (χ3n) is 6.33. The number of rotatable bonds is 10. The Labute approximate surface area is 211 Å². The van der Waals surface area contributed by atoms with Crippen LogP contribution in [0.2, 0.25) is 5.28 Å². The Morgan fingerprint density at radius 3 is 2.75 bits per heavy atom. The normalized spacial score (nSPS) is 26.4. The van der Waals surface area contributed by atoms with Gasteiger partial charge in [0.2, 0.25) is 12.1 Å². The van der Waals surface area contributed by atoms with Gasteiger partial charge in [0.05, 0.1) is 19.4 Å². The number of methoxy groups -OCH3 is 1. The van der Waals surface area contributed by atoms with Gasteiger partial charge in [-0.25, -0.2) is 9.78 Å². The van der Waals surface area contributed by atoms with Crippen LogP contribution >= 0.6 is 19.2 Å². The van der Waals surface area contributed by atoms with E-state index in [0.717, 1.165) is 37.5 Å². The van der Waals surface area contributed by atoms with Crippen molar-refractivity contribution in [1.29, 1.82) is 0 Å². The van der Waals surface area contributed by atoms with Crippen LogP contribution in [0.4, 0.5) is 4.79 Å². The fourth-order valence-electron chi connectivity index (χ4n) is 4.55. The smallest absolute Gasteiger partial charge is 0.438 e. The van der Waals surface area contributed by atoms with Gasteiger partial charge in [0.1, 0.15) is 30.3 Å². The third kappa shape index (κ3) is 6.35. The second-order valence-corrected chi connectivity index (χ2v) is 10.9. The molecule has 2 aliphatic rings. The van der Waals surface area contributed by atoms with Gasteiger partial charge in [-0.05, 0) is 30.0 Å². The van der Waals surface area contributed by atoms with Gasteiger partial charge in [-0.2, -0.15) is 4.98 Å². The SMILES string of the molecule is COC(=O)OCOP(=O)(O)COC[C@H]1O[C@@H](n2ccc3c(CC4CCCC4)nc(Cl)nc32)[C@H](O)[C@@H]1O. The number of ether oxygens (including phenoxy) is 4. The molecule has 1 aliphatic heterocycles. The zero-order valence-corrected chi connectivity index (χ0v) is 21.2. The molecule has 0 amide bonds. The number of aliphatic hydroxyl groups is 2. The number of carbonyl (C=O) groups is 1. The van der Waals surface area contributed by atoms with Gasteiger partial charge in [0, 0.05) is 11.6 Å². The van der Waals surface area contributed by atoms with Crippen molar-refractivity contribution in [2.24, 2.45) is 5.92 Å². The van der Waals surface area contributed by atoms with Crippen LogP contribution in [0.1, 0.15) is 37.6 Å². The van der Waals surface area contributed by atoms with Crippen LogP contribution in [0.15, 0.2) is 12.3 Å². The van der Waals surface area contributed by atoms with Crippen LogP contribution in [0.5, 0.6) is 0 Å². The average Bonchev–Trinajstić information content (AvgIpc) is 3.55. The lowest BCUT2D eigenvalue weighted by Gasteiger charge is -2.18. The first-order chi connectivity index (χ1) is 17.2. The molecule has 3 N–H and O–H groups in total. The Hall–Kier alpha value is -1.83. The maximum absolute atomic E-state index is 12.0. The monoisotopic (exact) mass is 549 g/mol. The first kappa shape index (κ1) is 27.2. The van der Waals surface area contributed by atoms with Crippen molar-refractivity contribution in [2.75, 3.05) is 26.9 Å². The predicted molar refractivity (Wildman–Crippen MR) is 124 cm³/mol. The maximum atomic E-state index is 12.0. The largest absolute Gasteiger partial charge is 0.510 e. The molecule has 0 radical (unpaired) electrons. The van der Waals surface area contributed by atoms with E-state index in [1.165, 1.54) is 12.8 Å². The minimum Gasteiger partial charge on any atom is -0.438 e. The van der Waals surface area contributed by atoms with E-state index in [-0.39, 0.29) is 11.9 Å². The molecule has 2 aromatic heterocycles. The summed E-state index contributed by atoms with van der Waals surface area (Å²) in [5, 5.41) is 22.0. The molecular weight excluding hydrogens is 521 g/mol. The molecule has 0 aromatic carbocycles. The molecule has 1 unspecified atom stereocenters. The lowest BCUT2D eigenvalue weighted by atomic mass is 10.0. The number of carbonyl (C=O) groups excluding carboxylic acids is 1. The molecule has 15 heteroatoms. The Balaban J connectivity index is 1.39. The summed E-state index contributed by atoms with van der Waals surface area (Å²) in [5.74, 6) is 0.540. The van der Waals surface area contributed by atoms with E-state index in [4.69, 9.17) is 21.1 Å². The Kier molecular flexibility index (Phi) is 8.84. The fraction of sp³-hybridized carbons (Fsp3) is 0.667. The Morgan fingerprint density at radius 2 is 2.03 bits per heavy atom. The first-order valence-electron chi connectivity index (χ1n) is 11.5. The maximum Gasteiger partial charge on any atom is 0.510 e. The van der Waals surface area contributed by atoms with Crippen molar-refractivity contribution < 1.29 is 47.9 Å². The molecule has 0 spiro atoms. The molecule has 0 bridgehead atoms. The highest BCUT2D eigenvalue weighted by Crippen LogP contribution is 2.42. The highest BCUT2D eigenvalue weighted by atomic mass is 35.5. The number of aliphatic hydroxyl groups excluding tert-OH is 2. The van der Waals surface area contributed by atoms with E-state index < -0.39 is 51.4 Å². The molecule has 4 rings (SSSR count). The minimum absolute atomic E-state index is 0.0817. The number of halogens is 1. The van der Waals surface area contributed by atoms with Gasteiger partial charge in [-0.3, -0.25) is 9.09 Å². The molecule has 2 fully saturated rings. The standard InChI is InChI=1S/C21H29ClN3O10P/c1-31-21(28)33-10-34-36(29,30)11-32-9-15-16(26)17(27)19(35-15)25-7-6-13-14(8-12-4-2-3-5-12)23-20(22)24-18(13)25/h6-7,12,15-17,19,26-27H,2-5,8-11H2,1H3,(H,29,30)/t15-,16-,17-,19-/m1/s1. The summed E-state index contributed by atoms with van der Waals surface area (Å²) >= 11 is 6.21. The summed E-state index contributed by atoms with van der Waals surface area (Å²) in [7, 11) is -3.19. The van der Waals surface area contributed by atoms with E-state index in [0.29, 0.717) is 11.6 Å². The van der Waals surface area contributed by atoms with Crippen LogP contribution in [0.25, 0.3) is 11.0 Å². The van der Waals surface area contributed by atoms with Crippen molar-refractivity contribution in [2.45, 2.75) is 56.6 Å². The molecule has 200 valence electrons. The molecule has 36 heavy (non-hydrogen) atoms. The molecular formula is C21H29ClN3O10P. The number of hydrogen-bond donors (Lipinski definition) is 3. The van der Waals surface area contributed by atoms with Crippen molar-refractivity contribution in [3.05, 3.63) is 23.2 Å². The zero-order valence-electron chi connectivity index (χ0n) is 19.6. The van der Waals surface area contributed by atoms with Gasteiger partial charge in [-0.1, -0.05) is 25.7 Å². The summed E-state index contributed by atoms with van der Waals surface area (Å²) in [4.78, 5) is 29.4. The predicted octanol–water partition coefficient (Wildman–Crippen LogP) is 2.35. The second kappa shape index (κ2) is 11.7. The molecule has 2 aromatic rings. The quantitative estimate of drug-likeness (QED) is 0.171. The van der Waals surface area contributed by atoms with E-state index in [2.05, 4.69) is 24.0 Å². The highest BCUT2D eigenvalue weighted by Gasteiger charge is 2.44. The van der Waals surface area contributed by atoms with Gasteiger partial charge < -0.3 is 38.6 Å². The third-order valence-corrected chi connectivity index (χ3v) is 7.51. The molecule has 13 nitrogen and oxygen atoms in total. The number of aromatic nitrogens is 3. The van der Waals surface area contributed by atoms with Crippen molar-refractivity contribution in [1.82, 2.24) is 14.5 Å². The fourth-order valence-corrected chi connectivity index (χ4v) is 5.36. The van der Waals surface area contributed by atoms with E-state index in [1.807, 2.05) is 6.07 Å². The van der Waals surface area contributed by atoms with Crippen LogP contribution in [-0.2, 0) is 34.5 Å². The highest BCUT2D eigenvalue weighted by molar-refractivity contribution is 7.52. The lowest BCUT2D eigenvalue weighted by Crippen LogP contribution is -2.34. The molecule has 1 saturated carbocycles. The Bertz CT molecular complexity index is 1110. The summed E-state index contributed by atoms with van der Waals surface area (Å²) in [6.45, 7) is -1.12. The van der Waals surface area contributed by atoms with E-state index in [9.17, 15) is 24.5 Å². The van der Waals surface area contributed by atoms with Crippen LogP contribution in [0, 0.1) is 5.92 Å². The minimum atomic E-state index is -4.26. The van der Waals surface area contributed by atoms with Gasteiger partial charge >= 0.3 is 13.8 Å². The summed E-state index contributed by atoms with van der Waals surface area (Å²) < 4.78 is 37.8. The number of nitrogens with zero attached hydrogens (tertiary/aromatic N) is 3. The van der Waals surface area contributed by atoms with Crippen molar-refractivity contribution in [3.63, 3.8) is 0 Å². The summed E-state index contributed by atoms with van der Waals surface area (Å²) in [6.07, 6.45) is 0.657. The lowest BCUT2D eigenvalue weighted by molar-refractivity contribution is -0.0622. The van der Waals surface area contributed by atoms with Gasteiger partial charge in [-0.15, -0.1) is 0 Å². The van der Waals surface area contributed by atoms with Gasteiger partial charge in [0.25, 0.3) is 0 Å². The number of hydrogen-bond acceptors (Lipinski definition) is 11. The number of fused-ring (bicyclic) bond motifs is 1. The van der Waals surface area contributed by atoms with E-state index >= 15 is 0 Å². The van der Waals surface area contributed by atoms with Crippen LogP contribution in [0.3, 0.4) is 0 Å². The van der Waals surface area contributed by atoms with Gasteiger partial charge in [0.15, 0.2) is 6.23 Å². The molecule has 3 heterocycles.